The summed E-state index contributed by atoms with van der Waals surface area (Å²) >= 11 is 1.40. The number of nitrogens with two attached hydrogens (primary N) is 3. The van der Waals surface area contributed by atoms with Crippen molar-refractivity contribution in [1.29, 1.82) is 0 Å². The second kappa shape index (κ2) is 16.1. The largest absolute Gasteiger partial charge is 0.508 e. The van der Waals surface area contributed by atoms with Crippen molar-refractivity contribution < 1.29 is 39.0 Å². The van der Waals surface area contributed by atoms with Crippen molar-refractivity contribution in [3.8, 4) is 5.75 Å². The third-order valence-electron chi connectivity index (χ3n) is 5.30. The molecule has 4 unspecified atom stereocenters. The van der Waals surface area contributed by atoms with Gasteiger partial charge in [0.05, 0.1) is 12.5 Å². The Kier molecular flexibility index (Phi) is 13.6. The average molecular weight is 555 g/mol. The number of hydrogen-bond donors (Lipinski definition) is 8. The van der Waals surface area contributed by atoms with Gasteiger partial charge in [0.1, 0.15) is 23.9 Å². The molecule has 0 fully saturated rings. The Morgan fingerprint density at radius 1 is 0.842 bits per heavy atom. The fourth-order valence-corrected chi connectivity index (χ4v) is 3.73. The highest BCUT2D eigenvalue weighted by molar-refractivity contribution is 7.98. The van der Waals surface area contributed by atoms with Gasteiger partial charge in [0.2, 0.25) is 29.5 Å². The number of carbonyl (C=O) groups excluding carboxylic acids is 5. The van der Waals surface area contributed by atoms with Crippen molar-refractivity contribution in [2.24, 2.45) is 17.2 Å². The molecule has 15 heteroatoms. The number of phenolic OH excluding ortho intramolecular Hbond substituents is 1. The average Bonchev–Trinajstić information content (AvgIpc) is 2.84. The number of aromatic hydroxyl groups is 1. The topological polar surface area (TPSA) is 257 Å². The molecule has 0 radical (unpaired) electrons. The molecule has 5 amide bonds. The van der Waals surface area contributed by atoms with Crippen LogP contribution in [0.3, 0.4) is 0 Å². The van der Waals surface area contributed by atoms with Crippen molar-refractivity contribution in [2.75, 3.05) is 12.0 Å². The third-order valence-corrected chi connectivity index (χ3v) is 5.95. The van der Waals surface area contributed by atoms with Crippen molar-refractivity contribution in [3.05, 3.63) is 29.8 Å². The maximum atomic E-state index is 13.0. The minimum Gasteiger partial charge on any atom is -0.508 e. The first-order valence-corrected chi connectivity index (χ1v) is 13.0. The molecule has 0 spiro atoms. The Morgan fingerprint density at radius 2 is 1.39 bits per heavy atom. The lowest BCUT2D eigenvalue weighted by atomic mass is 10.0. The number of nitrogens with one attached hydrogen (secondary N) is 3. The van der Waals surface area contributed by atoms with E-state index < -0.39 is 66.1 Å². The number of amides is 5. The molecule has 11 N–H and O–H groups in total. The predicted molar refractivity (Wildman–Crippen MR) is 138 cm³/mol. The van der Waals surface area contributed by atoms with E-state index in [0.717, 1.165) is 0 Å². The molecule has 1 aromatic rings. The Hall–Kier alpha value is -3.85. The molecule has 0 aliphatic rings. The molecular formula is C23H34N6O8S. The van der Waals surface area contributed by atoms with E-state index in [9.17, 15) is 39.0 Å². The molecule has 0 bridgehead atoms. The van der Waals surface area contributed by atoms with Crippen molar-refractivity contribution in [2.45, 2.75) is 56.3 Å². The third kappa shape index (κ3) is 11.9. The van der Waals surface area contributed by atoms with E-state index in [1.807, 2.05) is 0 Å². The number of aliphatic carboxylic acids is 1. The van der Waals surface area contributed by atoms with Gasteiger partial charge in [0.15, 0.2) is 0 Å². The van der Waals surface area contributed by atoms with Gasteiger partial charge < -0.3 is 43.4 Å². The summed E-state index contributed by atoms with van der Waals surface area (Å²) in [6.45, 7) is 0. The molecule has 210 valence electrons. The Balaban J connectivity index is 2.95. The number of phenols is 1. The monoisotopic (exact) mass is 554 g/mol. The zero-order valence-corrected chi connectivity index (χ0v) is 21.7. The van der Waals surface area contributed by atoms with E-state index in [1.54, 1.807) is 18.4 Å². The fourth-order valence-electron chi connectivity index (χ4n) is 3.26. The highest BCUT2D eigenvalue weighted by Crippen LogP contribution is 2.11. The molecule has 38 heavy (non-hydrogen) atoms. The molecule has 0 saturated carbocycles. The number of carbonyl (C=O) groups is 6. The maximum Gasteiger partial charge on any atom is 0.326 e. The van der Waals surface area contributed by atoms with Gasteiger partial charge in [-0.1, -0.05) is 12.1 Å². The van der Waals surface area contributed by atoms with E-state index in [-0.39, 0.29) is 31.4 Å². The van der Waals surface area contributed by atoms with E-state index in [0.29, 0.717) is 11.3 Å². The summed E-state index contributed by atoms with van der Waals surface area (Å²) in [5, 5.41) is 25.7. The molecule has 14 nitrogen and oxygen atoms in total. The van der Waals surface area contributed by atoms with Gasteiger partial charge in [-0.25, -0.2) is 4.79 Å². The maximum absolute atomic E-state index is 13.0. The lowest BCUT2D eigenvalue weighted by Crippen LogP contribution is -2.58. The first-order chi connectivity index (χ1) is 17.8. The number of rotatable bonds is 17. The Labute approximate surface area is 223 Å². The van der Waals surface area contributed by atoms with Gasteiger partial charge in [-0.2, -0.15) is 11.8 Å². The molecular weight excluding hydrogens is 520 g/mol. The van der Waals surface area contributed by atoms with E-state index in [1.165, 1.54) is 23.9 Å². The van der Waals surface area contributed by atoms with Crippen molar-refractivity contribution in [3.63, 3.8) is 0 Å². The Bertz CT molecular complexity index is 1010. The number of benzene rings is 1. The standard InChI is InChI=1S/C23H34N6O8S/c1-38-9-8-15(27-20(33)14(24)10-12-2-4-13(30)5-3-12)21(34)29-17(11-19(26)32)22(35)28-16(23(36)37)6-7-18(25)31/h2-5,14-17,30H,6-11,24H2,1H3,(H2,25,31)(H2,26,32)(H,27,33)(H,28,35)(H,29,34)(H,36,37). The molecule has 4 atom stereocenters. The molecule has 1 rings (SSSR count). The van der Waals surface area contributed by atoms with Gasteiger partial charge in [-0.3, -0.25) is 24.0 Å². The van der Waals surface area contributed by atoms with E-state index >= 15 is 0 Å². The molecule has 0 aliphatic heterocycles. The zero-order valence-electron chi connectivity index (χ0n) is 20.8. The van der Waals surface area contributed by atoms with Gasteiger partial charge in [-0.15, -0.1) is 0 Å². The fraction of sp³-hybridized carbons (Fsp3) is 0.478. The molecule has 0 heterocycles. The predicted octanol–water partition coefficient (Wildman–Crippen LogP) is -2.30. The summed E-state index contributed by atoms with van der Waals surface area (Å²) < 4.78 is 0. The second-order valence-electron chi connectivity index (χ2n) is 8.46. The number of carboxylic acids is 1. The summed E-state index contributed by atoms with van der Waals surface area (Å²) in [6.07, 6.45) is 0.790. The van der Waals surface area contributed by atoms with Crippen LogP contribution in [-0.2, 0) is 35.2 Å². The first kappa shape index (κ1) is 32.2. The van der Waals surface area contributed by atoms with Crippen LogP contribution in [0.2, 0.25) is 0 Å². The van der Waals surface area contributed by atoms with Crippen molar-refractivity contribution >= 4 is 47.3 Å². The first-order valence-electron chi connectivity index (χ1n) is 11.6. The smallest absolute Gasteiger partial charge is 0.326 e. The van der Waals surface area contributed by atoms with Crippen molar-refractivity contribution in [1.82, 2.24) is 16.0 Å². The van der Waals surface area contributed by atoms with Crippen LogP contribution in [0.5, 0.6) is 5.75 Å². The zero-order chi connectivity index (χ0) is 28.8. The van der Waals surface area contributed by atoms with Crippen LogP contribution in [0.1, 0.15) is 31.2 Å². The van der Waals surface area contributed by atoms with Crippen LogP contribution >= 0.6 is 11.8 Å². The highest BCUT2D eigenvalue weighted by Gasteiger charge is 2.31. The van der Waals surface area contributed by atoms with Gasteiger partial charge in [0.25, 0.3) is 0 Å². The van der Waals surface area contributed by atoms with E-state index in [4.69, 9.17) is 17.2 Å². The molecule has 1 aromatic carbocycles. The SMILES string of the molecule is CSCCC(NC(=O)C(N)Cc1ccc(O)cc1)C(=O)NC(CC(N)=O)C(=O)NC(CCC(N)=O)C(=O)O. The second-order valence-corrected chi connectivity index (χ2v) is 9.44. The number of thioether (sulfide) groups is 1. The minimum atomic E-state index is -1.55. The van der Waals surface area contributed by atoms with Gasteiger partial charge in [0, 0.05) is 6.42 Å². The summed E-state index contributed by atoms with van der Waals surface area (Å²) in [7, 11) is 0. The van der Waals surface area contributed by atoms with Gasteiger partial charge >= 0.3 is 5.97 Å². The summed E-state index contributed by atoms with van der Waals surface area (Å²) in [6, 6.07) is 0.872. The van der Waals surface area contributed by atoms with E-state index in [2.05, 4.69) is 16.0 Å². The van der Waals surface area contributed by atoms with Gasteiger partial charge in [-0.05, 0) is 49.0 Å². The van der Waals surface area contributed by atoms with Crippen LogP contribution < -0.4 is 33.2 Å². The molecule has 0 aromatic heterocycles. The number of carboxylic acid groups (broad SMARTS) is 1. The number of hydrogen-bond acceptors (Lipinski definition) is 9. The highest BCUT2D eigenvalue weighted by atomic mass is 32.2. The number of primary amides is 2. The quantitative estimate of drug-likeness (QED) is 0.102. The van der Waals surface area contributed by atoms with Crippen LogP contribution in [0, 0.1) is 0 Å². The molecule has 0 aliphatic carbocycles. The summed E-state index contributed by atoms with van der Waals surface area (Å²) in [5.41, 5.74) is 16.9. The Morgan fingerprint density at radius 3 is 1.92 bits per heavy atom. The summed E-state index contributed by atoms with van der Waals surface area (Å²) in [4.78, 5) is 72.4. The van der Waals surface area contributed by atoms with Crippen LogP contribution in [0.4, 0.5) is 0 Å². The van der Waals surface area contributed by atoms with Crippen LogP contribution in [0.25, 0.3) is 0 Å². The summed E-state index contributed by atoms with van der Waals surface area (Å²) in [5.74, 6) is -5.14. The van der Waals surface area contributed by atoms with Crippen LogP contribution in [0.15, 0.2) is 24.3 Å². The minimum absolute atomic E-state index is 0.0534. The lowest BCUT2D eigenvalue weighted by Gasteiger charge is -2.24. The normalized spacial score (nSPS) is 13.8. The molecule has 0 saturated heterocycles. The van der Waals surface area contributed by atoms with Crippen LogP contribution in [-0.4, -0.2) is 81.9 Å². The lowest BCUT2D eigenvalue weighted by molar-refractivity contribution is -0.142.